The smallest absolute Gasteiger partial charge is 0.337 e. The second-order valence-corrected chi connectivity index (χ2v) is 4.98. The fourth-order valence-electron chi connectivity index (χ4n) is 2.06. The van der Waals surface area contributed by atoms with E-state index in [1.165, 1.54) is 25.3 Å². The van der Waals surface area contributed by atoms with E-state index in [-0.39, 0.29) is 5.56 Å². The second-order valence-electron chi connectivity index (χ2n) is 4.98. The quantitative estimate of drug-likeness (QED) is 0.850. The van der Waals surface area contributed by atoms with Gasteiger partial charge in [-0.05, 0) is 42.8 Å². The Hall–Kier alpha value is -2.89. The lowest BCUT2D eigenvalue weighted by atomic mass is 10.1. The lowest BCUT2D eigenvalue weighted by Crippen LogP contribution is -2.26. The fraction of sp³-hybridized carbons (Fsp3) is 0.176. The molecular weight excluding hydrogens is 301 g/mol. The Morgan fingerprint density at radius 1 is 1.17 bits per heavy atom. The molecule has 0 aliphatic heterocycles. The summed E-state index contributed by atoms with van der Waals surface area (Å²) >= 11 is 0. The van der Waals surface area contributed by atoms with E-state index in [1.54, 1.807) is 25.1 Å². The average molecular weight is 317 g/mol. The topological polar surface area (TPSA) is 75.6 Å². The van der Waals surface area contributed by atoms with Gasteiger partial charge in [-0.15, -0.1) is 0 Å². The van der Waals surface area contributed by atoms with Crippen LogP contribution in [-0.4, -0.2) is 24.1 Å². The van der Waals surface area contributed by atoms with Gasteiger partial charge in [0, 0.05) is 5.56 Å². The number of phenols is 1. The van der Waals surface area contributed by atoms with Crippen molar-refractivity contribution >= 4 is 11.9 Å². The molecule has 2 rings (SSSR count). The molecule has 0 spiro atoms. The lowest BCUT2D eigenvalue weighted by Gasteiger charge is -2.15. The summed E-state index contributed by atoms with van der Waals surface area (Å²) in [6, 6.07) is 9.54. The summed E-state index contributed by atoms with van der Waals surface area (Å²) in [7, 11) is 1.26. The van der Waals surface area contributed by atoms with Crippen molar-refractivity contribution in [2.45, 2.75) is 13.0 Å². The average Bonchev–Trinajstić information content (AvgIpc) is 2.56. The largest absolute Gasteiger partial charge is 0.505 e. The molecule has 0 bridgehead atoms. The molecule has 120 valence electrons. The minimum absolute atomic E-state index is 0.267. The zero-order valence-corrected chi connectivity index (χ0v) is 12.7. The summed E-state index contributed by atoms with van der Waals surface area (Å²) < 4.78 is 18.0. The molecule has 0 saturated carbocycles. The van der Waals surface area contributed by atoms with Crippen molar-refractivity contribution in [2.24, 2.45) is 0 Å². The van der Waals surface area contributed by atoms with E-state index < -0.39 is 29.5 Å². The van der Waals surface area contributed by atoms with Crippen LogP contribution in [0.15, 0.2) is 42.5 Å². The number of halogens is 1. The van der Waals surface area contributed by atoms with Gasteiger partial charge in [0.15, 0.2) is 11.6 Å². The standard InChI is InChI=1S/C17H16FNO4/c1-10(11-6-7-15(20)14(18)9-11)19-16(21)12-4-3-5-13(8-12)17(22)23-2/h3-10,20H,1-2H3,(H,19,21)/t10-/m1/s1. The minimum Gasteiger partial charge on any atom is -0.505 e. The van der Waals surface area contributed by atoms with E-state index in [0.717, 1.165) is 6.07 Å². The van der Waals surface area contributed by atoms with E-state index in [0.29, 0.717) is 11.1 Å². The molecule has 0 aromatic heterocycles. The number of carbonyl (C=O) groups is 2. The SMILES string of the molecule is COC(=O)c1cccc(C(=O)N[C@H](C)c2ccc(O)c(F)c2)c1. The summed E-state index contributed by atoms with van der Waals surface area (Å²) in [5.74, 6) is -2.14. The van der Waals surface area contributed by atoms with Crippen molar-refractivity contribution in [1.82, 2.24) is 5.32 Å². The first-order chi connectivity index (χ1) is 10.9. The Morgan fingerprint density at radius 3 is 2.52 bits per heavy atom. The zero-order valence-electron chi connectivity index (χ0n) is 12.7. The maximum atomic E-state index is 13.4. The highest BCUT2D eigenvalue weighted by atomic mass is 19.1. The first-order valence-electron chi connectivity index (χ1n) is 6.90. The molecule has 2 aromatic carbocycles. The van der Waals surface area contributed by atoms with Gasteiger partial charge in [-0.3, -0.25) is 4.79 Å². The van der Waals surface area contributed by atoms with Crippen LogP contribution in [0.3, 0.4) is 0 Å². The van der Waals surface area contributed by atoms with Gasteiger partial charge >= 0.3 is 5.97 Å². The Balaban J connectivity index is 2.15. The van der Waals surface area contributed by atoms with E-state index in [1.807, 2.05) is 0 Å². The Kier molecular flexibility index (Phi) is 4.95. The molecule has 5 nitrogen and oxygen atoms in total. The summed E-state index contributed by atoms with van der Waals surface area (Å²) in [5.41, 5.74) is 1.07. The van der Waals surface area contributed by atoms with Gasteiger partial charge in [-0.25, -0.2) is 9.18 Å². The predicted octanol–water partition coefficient (Wildman–Crippen LogP) is 2.81. The molecule has 1 amide bonds. The maximum absolute atomic E-state index is 13.4. The number of esters is 1. The number of benzene rings is 2. The lowest BCUT2D eigenvalue weighted by molar-refractivity contribution is 0.0600. The monoisotopic (exact) mass is 317 g/mol. The third-order valence-corrected chi connectivity index (χ3v) is 3.37. The number of hydrogen-bond acceptors (Lipinski definition) is 4. The first kappa shape index (κ1) is 16.5. The third kappa shape index (κ3) is 3.85. The van der Waals surface area contributed by atoms with Gasteiger partial charge in [0.25, 0.3) is 5.91 Å². The van der Waals surface area contributed by atoms with Gasteiger partial charge in [0.2, 0.25) is 0 Å². The number of methoxy groups -OCH3 is 1. The van der Waals surface area contributed by atoms with Crippen LogP contribution in [0.4, 0.5) is 4.39 Å². The highest BCUT2D eigenvalue weighted by molar-refractivity contribution is 5.98. The van der Waals surface area contributed by atoms with E-state index in [9.17, 15) is 19.1 Å². The Morgan fingerprint density at radius 2 is 1.87 bits per heavy atom. The summed E-state index contributed by atoms with van der Waals surface area (Å²) in [6.07, 6.45) is 0. The van der Waals surface area contributed by atoms with Gasteiger partial charge < -0.3 is 15.2 Å². The van der Waals surface area contributed by atoms with Crippen LogP contribution in [-0.2, 0) is 4.74 Å². The van der Waals surface area contributed by atoms with Gasteiger partial charge in [0.05, 0.1) is 18.7 Å². The van der Waals surface area contributed by atoms with Crippen LogP contribution in [0.1, 0.15) is 39.2 Å². The zero-order chi connectivity index (χ0) is 17.0. The van der Waals surface area contributed by atoms with Crippen LogP contribution < -0.4 is 5.32 Å². The number of amides is 1. The number of phenolic OH excluding ortho intramolecular Hbond substituents is 1. The van der Waals surface area contributed by atoms with Crippen LogP contribution in [0.5, 0.6) is 5.75 Å². The number of carbonyl (C=O) groups excluding carboxylic acids is 2. The summed E-state index contributed by atoms with van der Waals surface area (Å²) in [4.78, 5) is 23.7. The predicted molar refractivity (Wildman–Crippen MR) is 81.7 cm³/mol. The van der Waals surface area contributed by atoms with Gasteiger partial charge in [0.1, 0.15) is 0 Å². The van der Waals surface area contributed by atoms with Crippen molar-refractivity contribution < 1.29 is 23.8 Å². The van der Waals surface area contributed by atoms with Crippen LogP contribution in [0, 0.1) is 5.82 Å². The number of nitrogens with one attached hydrogen (secondary N) is 1. The highest BCUT2D eigenvalue weighted by Gasteiger charge is 2.15. The molecule has 0 radical (unpaired) electrons. The highest BCUT2D eigenvalue weighted by Crippen LogP contribution is 2.21. The van der Waals surface area contributed by atoms with Gasteiger partial charge in [-0.1, -0.05) is 12.1 Å². The van der Waals surface area contributed by atoms with Crippen molar-refractivity contribution in [3.05, 3.63) is 65.0 Å². The van der Waals surface area contributed by atoms with Crippen molar-refractivity contribution in [1.29, 1.82) is 0 Å². The van der Waals surface area contributed by atoms with Crippen LogP contribution in [0.25, 0.3) is 0 Å². The minimum atomic E-state index is -0.753. The molecule has 2 N–H and O–H groups in total. The van der Waals surface area contributed by atoms with Gasteiger partial charge in [-0.2, -0.15) is 0 Å². The molecule has 0 heterocycles. The van der Waals surface area contributed by atoms with E-state index in [2.05, 4.69) is 10.1 Å². The Labute approximate surface area is 132 Å². The molecule has 0 unspecified atom stereocenters. The summed E-state index contributed by atoms with van der Waals surface area (Å²) in [6.45, 7) is 1.69. The van der Waals surface area contributed by atoms with Crippen LogP contribution >= 0.6 is 0 Å². The molecule has 6 heteroatoms. The summed E-state index contributed by atoms with van der Waals surface area (Å²) in [5, 5.41) is 11.9. The third-order valence-electron chi connectivity index (χ3n) is 3.37. The number of aromatic hydroxyl groups is 1. The number of ether oxygens (including phenoxy) is 1. The maximum Gasteiger partial charge on any atom is 0.337 e. The van der Waals surface area contributed by atoms with E-state index >= 15 is 0 Å². The molecule has 23 heavy (non-hydrogen) atoms. The molecule has 0 aliphatic rings. The number of rotatable bonds is 4. The van der Waals surface area contributed by atoms with E-state index in [4.69, 9.17) is 0 Å². The molecule has 0 saturated heterocycles. The Bertz CT molecular complexity index is 745. The number of hydrogen-bond donors (Lipinski definition) is 2. The second kappa shape index (κ2) is 6.91. The fourth-order valence-corrected chi connectivity index (χ4v) is 2.06. The first-order valence-corrected chi connectivity index (χ1v) is 6.90. The molecule has 1 atom stereocenters. The van der Waals surface area contributed by atoms with Crippen molar-refractivity contribution in [2.75, 3.05) is 7.11 Å². The van der Waals surface area contributed by atoms with Crippen molar-refractivity contribution in [3.63, 3.8) is 0 Å². The van der Waals surface area contributed by atoms with Crippen molar-refractivity contribution in [3.8, 4) is 5.75 Å². The molecular formula is C17H16FNO4. The molecule has 2 aromatic rings. The molecule has 0 aliphatic carbocycles. The normalized spacial score (nSPS) is 11.6. The molecule has 0 fully saturated rings. The van der Waals surface area contributed by atoms with Crippen LogP contribution in [0.2, 0.25) is 0 Å².